The lowest BCUT2D eigenvalue weighted by Gasteiger charge is -2.30. The molecule has 1 heterocycles. The topological polar surface area (TPSA) is 66.5 Å². The summed E-state index contributed by atoms with van der Waals surface area (Å²) in [7, 11) is -1.86. The van der Waals surface area contributed by atoms with Gasteiger partial charge in [-0.25, -0.2) is 12.7 Å². The van der Waals surface area contributed by atoms with E-state index in [9.17, 15) is 13.2 Å². The third-order valence-electron chi connectivity index (χ3n) is 3.82. The summed E-state index contributed by atoms with van der Waals surface area (Å²) in [5, 5.41) is 3.42. The van der Waals surface area contributed by atoms with Gasteiger partial charge < -0.3 is 5.32 Å². The lowest BCUT2D eigenvalue weighted by atomic mass is 9.97. The Bertz CT molecular complexity index is 656. The molecule has 1 aliphatic rings. The fraction of sp³-hybridized carbons (Fsp3) is 0.500. The van der Waals surface area contributed by atoms with Gasteiger partial charge in [0, 0.05) is 36.1 Å². The minimum absolute atomic E-state index is 0.0298. The lowest BCUT2D eigenvalue weighted by molar-refractivity contribution is -0.125. The molecule has 8 heteroatoms. The molecule has 1 aromatic carbocycles. The Morgan fingerprint density at radius 2 is 1.95 bits per heavy atom. The normalized spacial score (nSPS) is 17.4. The van der Waals surface area contributed by atoms with E-state index in [1.54, 1.807) is 19.2 Å². The van der Waals surface area contributed by atoms with Crippen LogP contribution in [0.4, 0.5) is 0 Å². The third kappa shape index (κ3) is 4.13. The molecule has 22 heavy (non-hydrogen) atoms. The van der Waals surface area contributed by atoms with Crippen LogP contribution in [0.15, 0.2) is 18.2 Å². The van der Waals surface area contributed by atoms with E-state index in [1.165, 1.54) is 10.4 Å². The summed E-state index contributed by atoms with van der Waals surface area (Å²) in [5.74, 6) is -0.304. The van der Waals surface area contributed by atoms with Gasteiger partial charge in [-0.15, -0.1) is 0 Å². The van der Waals surface area contributed by atoms with Crippen LogP contribution in [0.2, 0.25) is 10.0 Å². The number of carbonyl (C=O) groups is 1. The molecular formula is C14H18Cl2N2O3S. The first kappa shape index (κ1) is 17.5. The monoisotopic (exact) mass is 364 g/mol. The quantitative estimate of drug-likeness (QED) is 0.890. The highest BCUT2D eigenvalue weighted by atomic mass is 35.5. The molecule has 5 nitrogen and oxygen atoms in total. The Morgan fingerprint density at radius 3 is 2.50 bits per heavy atom. The van der Waals surface area contributed by atoms with E-state index in [4.69, 9.17) is 23.2 Å². The standard InChI is InChI=1S/C14H18Cl2N2O3S/c1-17-14(19)10-4-6-18(7-5-10)22(20,21)9-11-2-3-12(15)8-13(11)16/h2-3,8,10H,4-7,9H2,1H3,(H,17,19). The van der Waals surface area contributed by atoms with E-state index in [1.807, 2.05) is 0 Å². The predicted octanol–water partition coefficient (Wildman–Crippen LogP) is 2.28. The first-order chi connectivity index (χ1) is 10.3. The van der Waals surface area contributed by atoms with Gasteiger partial charge in [-0.1, -0.05) is 29.3 Å². The Hall–Kier alpha value is -0.820. The summed E-state index contributed by atoms with van der Waals surface area (Å²) in [5.41, 5.74) is 0.527. The van der Waals surface area contributed by atoms with E-state index in [2.05, 4.69) is 5.32 Å². The molecular weight excluding hydrogens is 347 g/mol. The predicted molar refractivity (Wildman–Crippen MR) is 87.4 cm³/mol. The molecule has 0 spiro atoms. The third-order valence-corrected chi connectivity index (χ3v) is 6.23. The maximum atomic E-state index is 12.5. The molecule has 0 saturated carbocycles. The number of benzene rings is 1. The number of nitrogens with zero attached hydrogens (tertiary/aromatic N) is 1. The summed E-state index contributed by atoms with van der Waals surface area (Å²) >= 11 is 11.9. The van der Waals surface area contributed by atoms with E-state index < -0.39 is 10.0 Å². The number of nitrogens with one attached hydrogen (secondary N) is 1. The van der Waals surface area contributed by atoms with Crippen LogP contribution in [0.25, 0.3) is 0 Å². The molecule has 1 amide bonds. The van der Waals surface area contributed by atoms with E-state index in [-0.39, 0.29) is 17.6 Å². The van der Waals surface area contributed by atoms with Gasteiger partial charge in [-0.2, -0.15) is 0 Å². The van der Waals surface area contributed by atoms with Gasteiger partial charge in [0.1, 0.15) is 0 Å². The lowest BCUT2D eigenvalue weighted by Crippen LogP contribution is -2.42. The average molecular weight is 365 g/mol. The maximum absolute atomic E-state index is 12.5. The second kappa shape index (κ2) is 7.17. The Balaban J connectivity index is 2.04. The summed E-state index contributed by atoms with van der Waals surface area (Å²) in [6.45, 7) is 0.706. The zero-order chi connectivity index (χ0) is 16.3. The first-order valence-electron chi connectivity index (χ1n) is 6.97. The summed E-state index contributed by atoms with van der Waals surface area (Å²) in [6, 6.07) is 4.78. The van der Waals surface area contributed by atoms with Crippen LogP contribution in [0, 0.1) is 5.92 Å². The molecule has 1 saturated heterocycles. The zero-order valence-corrected chi connectivity index (χ0v) is 14.5. The zero-order valence-electron chi connectivity index (χ0n) is 12.2. The molecule has 1 N–H and O–H groups in total. The van der Waals surface area contributed by atoms with Crippen LogP contribution in [-0.4, -0.2) is 38.8 Å². The molecule has 0 aromatic heterocycles. The van der Waals surface area contributed by atoms with Gasteiger partial charge in [0.25, 0.3) is 0 Å². The van der Waals surface area contributed by atoms with Gasteiger partial charge in [-0.05, 0) is 30.5 Å². The highest BCUT2D eigenvalue weighted by Gasteiger charge is 2.31. The summed E-state index contributed by atoms with van der Waals surface area (Å²) in [6.07, 6.45) is 1.07. The smallest absolute Gasteiger partial charge is 0.222 e. The number of carbonyl (C=O) groups excluding carboxylic acids is 1. The van der Waals surface area contributed by atoms with Crippen LogP contribution in [-0.2, 0) is 20.6 Å². The fourth-order valence-corrected chi connectivity index (χ4v) is 4.68. The number of hydrogen-bond acceptors (Lipinski definition) is 3. The van der Waals surface area contributed by atoms with Crippen molar-refractivity contribution in [3.05, 3.63) is 33.8 Å². The van der Waals surface area contributed by atoms with E-state index in [0.717, 1.165) is 0 Å². The fourth-order valence-electron chi connectivity index (χ4n) is 2.53. The highest BCUT2D eigenvalue weighted by Crippen LogP contribution is 2.26. The van der Waals surface area contributed by atoms with Crippen molar-refractivity contribution in [1.29, 1.82) is 0 Å². The van der Waals surface area contributed by atoms with Crippen LogP contribution in [0.5, 0.6) is 0 Å². The van der Waals surface area contributed by atoms with Gasteiger partial charge >= 0.3 is 0 Å². The minimum atomic E-state index is -3.45. The van der Waals surface area contributed by atoms with Gasteiger partial charge in [0.05, 0.1) is 5.75 Å². The number of piperidine rings is 1. The molecule has 1 aromatic rings. The first-order valence-corrected chi connectivity index (χ1v) is 9.33. The summed E-state index contributed by atoms with van der Waals surface area (Å²) in [4.78, 5) is 11.6. The molecule has 0 bridgehead atoms. The van der Waals surface area contributed by atoms with Crippen molar-refractivity contribution < 1.29 is 13.2 Å². The molecule has 0 radical (unpaired) electrons. The number of rotatable bonds is 4. The van der Waals surface area contributed by atoms with Crippen LogP contribution in [0.3, 0.4) is 0 Å². The molecule has 122 valence electrons. The number of sulfonamides is 1. The number of amides is 1. The van der Waals surface area contributed by atoms with Gasteiger partial charge in [-0.3, -0.25) is 4.79 Å². The Morgan fingerprint density at radius 1 is 1.32 bits per heavy atom. The van der Waals surface area contributed by atoms with Gasteiger partial charge in [0.15, 0.2) is 0 Å². The van der Waals surface area contributed by atoms with Crippen LogP contribution < -0.4 is 5.32 Å². The summed E-state index contributed by atoms with van der Waals surface area (Å²) < 4.78 is 26.4. The van der Waals surface area contributed by atoms with Crippen molar-refractivity contribution in [1.82, 2.24) is 9.62 Å². The largest absolute Gasteiger partial charge is 0.359 e. The molecule has 0 unspecified atom stereocenters. The van der Waals surface area contributed by atoms with Crippen molar-refractivity contribution in [2.75, 3.05) is 20.1 Å². The highest BCUT2D eigenvalue weighted by molar-refractivity contribution is 7.88. The number of halogens is 2. The molecule has 0 aliphatic carbocycles. The second-order valence-corrected chi connectivity index (χ2v) is 8.09. The Kier molecular flexibility index (Phi) is 5.71. The molecule has 1 fully saturated rings. The van der Waals surface area contributed by atoms with Crippen molar-refractivity contribution in [2.45, 2.75) is 18.6 Å². The van der Waals surface area contributed by atoms with Gasteiger partial charge in [0.2, 0.25) is 15.9 Å². The SMILES string of the molecule is CNC(=O)C1CCN(S(=O)(=O)Cc2ccc(Cl)cc2Cl)CC1. The molecule has 2 rings (SSSR count). The molecule has 0 atom stereocenters. The van der Waals surface area contributed by atoms with Crippen molar-refractivity contribution >= 4 is 39.1 Å². The minimum Gasteiger partial charge on any atom is -0.359 e. The van der Waals surface area contributed by atoms with Crippen LogP contribution >= 0.6 is 23.2 Å². The molecule has 1 aliphatic heterocycles. The van der Waals surface area contributed by atoms with Crippen molar-refractivity contribution in [3.8, 4) is 0 Å². The van der Waals surface area contributed by atoms with E-state index in [0.29, 0.717) is 41.5 Å². The van der Waals surface area contributed by atoms with E-state index >= 15 is 0 Å². The van der Waals surface area contributed by atoms with Crippen molar-refractivity contribution in [2.24, 2.45) is 5.92 Å². The Labute approximate surface area is 140 Å². The number of hydrogen-bond donors (Lipinski definition) is 1. The van der Waals surface area contributed by atoms with Crippen molar-refractivity contribution in [3.63, 3.8) is 0 Å². The van der Waals surface area contributed by atoms with Crippen LogP contribution in [0.1, 0.15) is 18.4 Å². The maximum Gasteiger partial charge on any atom is 0.222 e. The second-order valence-electron chi connectivity index (χ2n) is 5.28. The average Bonchev–Trinajstić information content (AvgIpc) is 2.49.